The van der Waals surface area contributed by atoms with Gasteiger partial charge < -0.3 is 4.74 Å². The number of anilines is 1. The van der Waals surface area contributed by atoms with E-state index in [0.29, 0.717) is 0 Å². The maximum atomic E-state index is 13.4. The number of amides is 1. The average Bonchev–Trinajstić information content (AvgIpc) is 2.83. The molecule has 10 nitrogen and oxygen atoms in total. The van der Waals surface area contributed by atoms with Gasteiger partial charge in [-0.3, -0.25) is 19.2 Å². The first-order valence-electron chi connectivity index (χ1n) is 9.70. The molecule has 0 atom stereocenters. The lowest BCUT2D eigenvalue weighted by Gasteiger charge is -2.25. The van der Waals surface area contributed by atoms with Crippen molar-refractivity contribution in [3.63, 3.8) is 0 Å². The van der Waals surface area contributed by atoms with Crippen molar-refractivity contribution >= 4 is 45.1 Å². The third kappa shape index (κ3) is 5.69. The molecule has 0 spiro atoms. The number of hydrazone groups is 1. The molecule has 1 amide bonds. The van der Waals surface area contributed by atoms with Gasteiger partial charge in [0.15, 0.2) is 0 Å². The third-order valence-corrected chi connectivity index (χ3v) is 6.56. The van der Waals surface area contributed by atoms with E-state index in [2.05, 4.69) is 10.5 Å². The van der Waals surface area contributed by atoms with E-state index in [4.69, 9.17) is 16.3 Å². The highest BCUT2D eigenvalue weighted by atomic mass is 35.5. The molecule has 0 aliphatic carbocycles. The summed E-state index contributed by atoms with van der Waals surface area (Å²) in [5, 5.41) is 15.1. The van der Waals surface area contributed by atoms with Crippen molar-refractivity contribution in [2.45, 2.75) is 4.90 Å². The Morgan fingerprint density at radius 2 is 1.82 bits per heavy atom. The molecule has 0 aromatic heterocycles. The number of nitrogens with zero attached hydrogens (tertiary/aromatic N) is 3. The minimum atomic E-state index is -4.20. The predicted molar refractivity (Wildman–Crippen MR) is 128 cm³/mol. The first kappa shape index (κ1) is 24.7. The second-order valence-corrected chi connectivity index (χ2v) is 9.05. The maximum Gasteiger partial charge on any atom is 0.278 e. The fourth-order valence-electron chi connectivity index (χ4n) is 2.98. The molecule has 0 bridgehead atoms. The average molecular weight is 503 g/mol. The standard InChI is InChI=1S/C22H19ClN4O6S/c1-33-21-12-11-17(23)13-20(21)26(34(31,32)18-8-3-2-4-9-18)15-22(28)25-24-14-16-7-5-6-10-19(16)27(29)30/h2-14H,15H2,1H3,(H,25,28)/b24-14-. The minimum absolute atomic E-state index is 0.0479. The molecule has 0 aliphatic heterocycles. The van der Waals surface area contributed by atoms with Crippen molar-refractivity contribution in [2.75, 3.05) is 18.0 Å². The summed E-state index contributed by atoms with van der Waals surface area (Å²) in [6.45, 7) is -0.665. The van der Waals surface area contributed by atoms with Gasteiger partial charge in [0.05, 0.1) is 34.4 Å². The van der Waals surface area contributed by atoms with Crippen molar-refractivity contribution < 1.29 is 22.9 Å². The van der Waals surface area contributed by atoms with E-state index in [1.807, 2.05) is 0 Å². The van der Waals surface area contributed by atoms with Crippen LogP contribution in [0.4, 0.5) is 11.4 Å². The Morgan fingerprint density at radius 3 is 2.50 bits per heavy atom. The van der Waals surface area contributed by atoms with Gasteiger partial charge in [0.1, 0.15) is 12.3 Å². The number of ether oxygens (including phenoxy) is 1. The summed E-state index contributed by atoms with van der Waals surface area (Å²) < 4.78 is 32.9. The van der Waals surface area contributed by atoms with Crippen LogP contribution in [0, 0.1) is 10.1 Å². The number of nitro benzene ring substituents is 1. The van der Waals surface area contributed by atoms with Gasteiger partial charge in [0.25, 0.3) is 21.6 Å². The Morgan fingerprint density at radius 1 is 1.15 bits per heavy atom. The number of halogens is 1. The molecular formula is C22H19ClN4O6S. The second-order valence-electron chi connectivity index (χ2n) is 6.75. The highest BCUT2D eigenvalue weighted by molar-refractivity contribution is 7.92. The molecule has 0 aliphatic rings. The smallest absolute Gasteiger partial charge is 0.278 e. The molecule has 0 saturated heterocycles. The van der Waals surface area contributed by atoms with E-state index in [9.17, 15) is 23.3 Å². The van der Waals surface area contributed by atoms with E-state index in [1.54, 1.807) is 24.3 Å². The number of nitrogens with one attached hydrogen (secondary N) is 1. The minimum Gasteiger partial charge on any atom is -0.495 e. The van der Waals surface area contributed by atoms with Gasteiger partial charge in [-0.05, 0) is 36.4 Å². The van der Waals surface area contributed by atoms with E-state index in [-0.39, 0.29) is 32.6 Å². The number of carbonyl (C=O) groups is 1. The summed E-state index contributed by atoms with van der Waals surface area (Å²) in [6.07, 6.45) is 1.10. The van der Waals surface area contributed by atoms with Crippen LogP contribution in [0.3, 0.4) is 0 Å². The predicted octanol–water partition coefficient (Wildman–Crippen LogP) is 3.60. The van der Waals surface area contributed by atoms with Gasteiger partial charge in [0.2, 0.25) is 0 Å². The van der Waals surface area contributed by atoms with Crippen molar-refractivity contribution in [1.82, 2.24) is 5.43 Å². The maximum absolute atomic E-state index is 13.4. The van der Waals surface area contributed by atoms with Crippen molar-refractivity contribution in [1.29, 1.82) is 0 Å². The van der Waals surface area contributed by atoms with Crippen LogP contribution in [-0.4, -0.2) is 39.1 Å². The van der Waals surface area contributed by atoms with E-state index >= 15 is 0 Å². The normalized spacial score (nSPS) is 11.2. The summed E-state index contributed by atoms with van der Waals surface area (Å²) in [5.74, 6) is -0.614. The van der Waals surface area contributed by atoms with Crippen LogP contribution in [0.25, 0.3) is 0 Å². The number of benzene rings is 3. The van der Waals surface area contributed by atoms with Gasteiger partial charge in [0, 0.05) is 11.1 Å². The van der Waals surface area contributed by atoms with E-state index in [0.717, 1.165) is 10.5 Å². The van der Waals surface area contributed by atoms with E-state index < -0.39 is 27.4 Å². The fraction of sp³-hybridized carbons (Fsp3) is 0.0909. The Labute approximate surface area is 200 Å². The Hall–Kier alpha value is -3.96. The number of rotatable bonds is 9. The molecule has 3 aromatic rings. The van der Waals surface area contributed by atoms with Crippen molar-refractivity contribution in [2.24, 2.45) is 5.10 Å². The van der Waals surface area contributed by atoms with Crippen LogP contribution in [0.5, 0.6) is 5.75 Å². The Bertz CT molecular complexity index is 1330. The Balaban J connectivity index is 1.92. The molecule has 176 valence electrons. The monoisotopic (exact) mass is 502 g/mol. The van der Waals surface area contributed by atoms with Crippen LogP contribution >= 0.6 is 11.6 Å². The molecule has 34 heavy (non-hydrogen) atoms. The lowest BCUT2D eigenvalue weighted by molar-refractivity contribution is -0.385. The summed E-state index contributed by atoms with van der Waals surface area (Å²) in [6, 6.07) is 17.7. The van der Waals surface area contributed by atoms with Crippen LogP contribution in [0.1, 0.15) is 5.56 Å². The molecule has 12 heteroatoms. The van der Waals surface area contributed by atoms with Crippen LogP contribution < -0.4 is 14.5 Å². The molecule has 0 saturated carbocycles. The molecule has 3 aromatic carbocycles. The number of nitro groups is 1. The number of hydrogen-bond acceptors (Lipinski definition) is 7. The first-order chi connectivity index (χ1) is 16.2. The topological polar surface area (TPSA) is 131 Å². The molecule has 1 N–H and O–H groups in total. The molecule has 0 radical (unpaired) electrons. The molecule has 0 fully saturated rings. The zero-order valence-electron chi connectivity index (χ0n) is 17.8. The van der Waals surface area contributed by atoms with Crippen LogP contribution in [-0.2, 0) is 14.8 Å². The number of methoxy groups -OCH3 is 1. The van der Waals surface area contributed by atoms with Gasteiger partial charge in [-0.25, -0.2) is 13.8 Å². The van der Waals surface area contributed by atoms with Gasteiger partial charge in [-0.15, -0.1) is 0 Å². The molecule has 0 unspecified atom stereocenters. The lowest BCUT2D eigenvalue weighted by atomic mass is 10.2. The number of hydrogen-bond donors (Lipinski definition) is 1. The largest absolute Gasteiger partial charge is 0.495 e. The van der Waals surface area contributed by atoms with Gasteiger partial charge in [-0.2, -0.15) is 5.10 Å². The van der Waals surface area contributed by atoms with Gasteiger partial charge >= 0.3 is 0 Å². The quantitative estimate of drug-likeness (QED) is 0.270. The highest BCUT2D eigenvalue weighted by Gasteiger charge is 2.29. The summed E-state index contributed by atoms with van der Waals surface area (Å²) >= 11 is 6.09. The first-order valence-corrected chi connectivity index (χ1v) is 11.5. The molecule has 3 rings (SSSR count). The van der Waals surface area contributed by atoms with E-state index in [1.165, 1.54) is 55.6 Å². The highest BCUT2D eigenvalue weighted by Crippen LogP contribution is 2.34. The zero-order valence-corrected chi connectivity index (χ0v) is 19.4. The van der Waals surface area contributed by atoms with Crippen LogP contribution in [0.2, 0.25) is 5.02 Å². The summed E-state index contributed by atoms with van der Waals surface area (Å²) in [7, 11) is -2.84. The fourth-order valence-corrected chi connectivity index (χ4v) is 4.59. The SMILES string of the molecule is COc1ccc(Cl)cc1N(CC(=O)N/N=C\c1ccccc1[N+](=O)[O-])S(=O)(=O)c1ccccc1. The number of carbonyl (C=O) groups excluding carboxylic acids is 1. The second kappa shape index (κ2) is 10.8. The van der Waals surface area contributed by atoms with Crippen LogP contribution in [0.15, 0.2) is 82.8 Å². The lowest BCUT2D eigenvalue weighted by Crippen LogP contribution is -2.39. The van der Waals surface area contributed by atoms with Gasteiger partial charge in [-0.1, -0.05) is 41.9 Å². The third-order valence-electron chi connectivity index (χ3n) is 4.55. The summed E-state index contributed by atoms with van der Waals surface area (Å²) in [5.41, 5.74) is 2.22. The molecule has 0 heterocycles. The van der Waals surface area contributed by atoms with Crippen molar-refractivity contribution in [3.8, 4) is 5.75 Å². The molecular weight excluding hydrogens is 484 g/mol. The Kier molecular flexibility index (Phi) is 7.82. The number of sulfonamides is 1. The zero-order chi connectivity index (χ0) is 24.7. The van der Waals surface area contributed by atoms with Crippen molar-refractivity contribution in [3.05, 3.63) is 93.5 Å². The summed E-state index contributed by atoms with van der Waals surface area (Å²) in [4.78, 5) is 23.1. The number of para-hydroxylation sites is 1.